The lowest BCUT2D eigenvalue weighted by Gasteiger charge is -2.10. The maximum atomic E-state index is 11.0. The normalized spacial score (nSPS) is 16.2. The molecule has 0 saturated carbocycles. The quantitative estimate of drug-likeness (QED) is 0.885. The smallest absolute Gasteiger partial charge is 0.335 e. The molecule has 6 heteroatoms. The van der Waals surface area contributed by atoms with Crippen molar-refractivity contribution in [2.24, 2.45) is 5.16 Å². The van der Waals surface area contributed by atoms with Crippen molar-refractivity contribution >= 4 is 11.8 Å². The highest BCUT2D eigenvalue weighted by atomic mass is 16.7. The van der Waals surface area contributed by atoms with Gasteiger partial charge in [0, 0.05) is 12.0 Å². The van der Waals surface area contributed by atoms with Gasteiger partial charge in [-0.05, 0) is 29.8 Å². The third-order valence-electron chi connectivity index (χ3n) is 3.53. The SMILES string of the molecule is COc1ccc(CC2NC(c3cccc(C(=O)O)c3)=NO2)cc1. The van der Waals surface area contributed by atoms with Gasteiger partial charge in [-0.15, -0.1) is 0 Å². The van der Waals surface area contributed by atoms with E-state index in [-0.39, 0.29) is 11.8 Å². The van der Waals surface area contributed by atoms with E-state index in [4.69, 9.17) is 14.7 Å². The van der Waals surface area contributed by atoms with Crippen LogP contribution in [0.1, 0.15) is 21.5 Å². The predicted molar refractivity (Wildman–Crippen MR) is 84.6 cm³/mol. The highest BCUT2D eigenvalue weighted by molar-refractivity contribution is 6.01. The number of carboxylic acid groups (broad SMARTS) is 1. The van der Waals surface area contributed by atoms with Crippen molar-refractivity contribution in [2.45, 2.75) is 12.6 Å². The van der Waals surface area contributed by atoms with Crippen LogP contribution in [0.5, 0.6) is 5.75 Å². The summed E-state index contributed by atoms with van der Waals surface area (Å²) < 4.78 is 5.13. The fourth-order valence-electron chi connectivity index (χ4n) is 2.32. The van der Waals surface area contributed by atoms with Gasteiger partial charge in [-0.3, -0.25) is 0 Å². The van der Waals surface area contributed by atoms with Gasteiger partial charge in [-0.1, -0.05) is 29.4 Å². The number of amidine groups is 1. The number of rotatable bonds is 5. The number of hydrogen-bond acceptors (Lipinski definition) is 5. The van der Waals surface area contributed by atoms with Crippen LogP contribution in [0.25, 0.3) is 0 Å². The lowest BCUT2D eigenvalue weighted by Crippen LogP contribution is -2.31. The second-order valence-electron chi connectivity index (χ2n) is 5.12. The number of carbonyl (C=O) groups is 1. The van der Waals surface area contributed by atoms with Crippen molar-refractivity contribution in [2.75, 3.05) is 7.11 Å². The average Bonchev–Trinajstić information content (AvgIpc) is 3.04. The van der Waals surface area contributed by atoms with Crippen LogP contribution in [0.3, 0.4) is 0 Å². The van der Waals surface area contributed by atoms with E-state index in [1.807, 2.05) is 24.3 Å². The second-order valence-corrected chi connectivity index (χ2v) is 5.12. The number of ether oxygens (including phenoxy) is 1. The van der Waals surface area contributed by atoms with Gasteiger partial charge in [0.1, 0.15) is 5.75 Å². The molecule has 1 heterocycles. The molecular formula is C17H16N2O4. The fraction of sp³-hybridized carbons (Fsp3) is 0.176. The molecule has 0 amide bonds. The van der Waals surface area contributed by atoms with Crippen LogP contribution in [-0.2, 0) is 11.3 Å². The van der Waals surface area contributed by atoms with Crippen LogP contribution in [-0.4, -0.2) is 30.2 Å². The number of hydrogen-bond donors (Lipinski definition) is 2. The summed E-state index contributed by atoms with van der Waals surface area (Å²) in [5.41, 5.74) is 1.98. The maximum Gasteiger partial charge on any atom is 0.335 e. The van der Waals surface area contributed by atoms with Crippen LogP contribution < -0.4 is 10.1 Å². The average molecular weight is 312 g/mol. The Labute approximate surface area is 133 Å². The molecule has 0 saturated heterocycles. The molecule has 2 aromatic carbocycles. The van der Waals surface area contributed by atoms with E-state index in [9.17, 15) is 4.79 Å². The zero-order chi connectivity index (χ0) is 16.2. The van der Waals surface area contributed by atoms with Crippen LogP contribution in [0.15, 0.2) is 53.7 Å². The maximum absolute atomic E-state index is 11.0. The zero-order valence-electron chi connectivity index (χ0n) is 12.5. The summed E-state index contributed by atoms with van der Waals surface area (Å²) >= 11 is 0. The molecule has 6 nitrogen and oxygen atoms in total. The molecule has 0 aromatic heterocycles. The predicted octanol–water partition coefficient (Wildman–Crippen LogP) is 2.24. The lowest BCUT2D eigenvalue weighted by molar-refractivity contribution is 0.0696. The highest BCUT2D eigenvalue weighted by Gasteiger charge is 2.21. The minimum absolute atomic E-state index is 0.214. The molecule has 23 heavy (non-hydrogen) atoms. The van der Waals surface area contributed by atoms with Crippen molar-refractivity contribution in [3.05, 3.63) is 65.2 Å². The third kappa shape index (κ3) is 3.42. The van der Waals surface area contributed by atoms with Crippen molar-refractivity contribution in [1.82, 2.24) is 5.32 Å². The summed E-state index contributed by atoms with van der Waals surface area (Å²) in [6.45, 7) is 0. The van der Waals surface area contributed by atoms with Crippen molar-refractivity contribution < 1.29 is 19.5 Å². The van der Waals surface area contributed by atoms with Crippen molar-refractivity contribution in [3.8, 4) is 5.75 Å². The topological polar surface area (TPSA) is 80.2 Å². The summed E-state index contributed by atoms with van der Waals surface area (Å²) in [5.74, 6) is 0.365. The summed E-state index contributed by atoms with van der Waals surface area (Å²) in [5, 5.41) is 16.2. The molecule has 1 atom stereocenters. The standard InChI is InChI=1S/C17H16N2O4/c1-22-14-7-5-11(6-8-14)9-15-18-16(19-23-15)12-3-2-4-13(10-12)17(20)21/h2-8,10,15H,9H2,1H3,(H,18,19)(H,20,21). The van der Waals surface area contributed by atoms with E-state index in [2.05, 4.69) is 10.5 Å². The molecule has 118 valence electrons. The van der Waals surface area contributed by atoms with Crippen LogP contribution >= 0.6 is 0 Å². The Hall–Kier alpha value is -3.02. The summed E-state index contributed by atoms with van der Waals surface area (Å²) in [7, 11) is 1.63. The third-order valence-corrected chi connectivity index (χ3v) is 3.53. The Balaban J connectivity index is 1.65. The Morgan fingerprint density at radius 2 is 2.09 bits per heavy atom. The minimum Gasteiger partial charge on any atom is -0.497 e. The number of carboxylic acids is 1. The number of nitrogens with zero attached hydrogens (tertiary/aromatic N) is 1. The highest BCUT2D eigenvalue weighted by Crippen LogP contribution is 2.16. The van der Waals surface area contributed by atoms with Gasteiger partial charge in [0.05, 0.1) is 12.7 Å². The van der Waals surface area contributed by atoms with Crippen LogP contribution in [0, 0.1) is 0 Å². The molecular weight excluding hydrogens is 296 g/mol. The van der Waals surface area contributed by atoms with Gasteiger partial charge >= 0.3 is 5.97 Å². The molecule has 0 radical (unpaired) electrons. The molecule has 0 spiro atoms. The van der Waals surface area contributed by atoms with Gasteiger partial charge in [0.15, 0.2) is 5.84 Å². The number of benzene rings is 2. The monoisotopic (exact) mass is 312 g/mol. The zero-order valence-corrected chi connectivity index (χ0v) is 12.5. The van der Waals surface area contributed by atoms with E-state index >= 15 is 0 Å². The molecule has 3 rings (SSSR count). The Morgan fingerprint density at radius 3 is 2.78 bits per heavy atom. The molecule has 2 N–H and O–H groups in total. The largest absolute Gasteiger partial charge is 0.497 e. The lowest BCUT2D eigenvalue weighted by atomic mass is 10.1. The van der Waals surface area contributed by atoms with Crippen LogP contribution in [0.4, 0.5) is 0 Å². The van der Waals surface area contributed by atoms with E-state index in [0.717, 1.165) is 11.3 Å². The first-order valence-corrected chi connectivity index (χ1v) is 7.13. The van der Waals surface area contributed by atoms with E-state index < -0.39 is 5.97 Å². The van der Waals surface area contributed by atoms with E-state index in [1.165, 1.54) is 6.07 Å². The summed E-state index contributed by atoms with van der Waals surface area (Å²) in [6.07, 6.45) is 0.349. The first-order chi connectivity index (χ1) is 11.2. The molecule has 2 aromatic rings. The summed E-state index contributed by atoms with van der Waals surface area (Å²) in [6, 6.07) is 14.3. The molecule has 0 bridgehead atoms. The first-order valence-electron chi connectivity index (χ1n) is 7.13. The molecule has 1 unspecified atom stereocenters. The number of methoxy groups -OCH3 is 1. The Morgan fingerprint density at radius 1 is 1.30 bits per heavy atom. The van der Waals surface area contributed by atoms with Crippen LogP contribution in [0.2, 0.25) is 0 Å². The number of aromatic carboxylic acids is 1. The van der Waals surface area contributed by atoms with Gasteiger partial charge in [0.2, 0.25) is 6.23 Å². The first kappa shape index (κ1) is 14.9. The van der Waals surface area contributed by atoms with Crippen molar-refractivity contribution in [1.29, 1.82) is 0 Å². The van der Waals surface area contributed by atoms with Gasteiger partial charge in [-0.25, -0.2) is 4.79 Å². The van der Waals surface area contributed by atoms with Gasteiger partial charge in [0.25, 0.3) is 0 Å². The number of oxime groups is 1. The minimum atomic E-state index is -0.971. The molecule has 1 aliphatic rings. The Bertz CT molecular complexity index is 741. The molecule has 0 aliphatic carbocycles. The van der Waals surface area contributed by atoms with Crippen molar-refractivity contribution in [3.63, 3.8) is 0 Å². The van der Waals surface area contributed by atoms with E-state index in [0.29, 0.717) is 17.8 Å². The van der Waals surface area contributed by atoms with Gasteiger partial charge < -0.3 is 20.0 Å². The Kier molecular flexibility index (Phi) is 4.14. The fourth-order valence-corrected chi connectivity index (χ4v) is 2.32. The molecule has 1 aliphatic heterocycles. The molecule has 0 fully saturated rings. The van der Waals surface area contributed by atoms with E-state index in [1.54, 1.807) is 25.3 Å². The summed E-state index contributed by atoms with van der Waals surface area (Å²) in [4.78, 5) is 16.4. The second kappa shape index (κ2) is 6.39. The number of nitrogens with one attached hydrogen (secondary N) is 1. The van der Waals surface area contributed by atoms with Gasteiger partial charge in [-0.2, -0.15) is 0 Å².